The molecule has 2 heterocycles. The van der Waals surface area contributed by atoms with Gasteiger partial charge in [0.15, 0.2) is 0 Å². The van der Waals surface area contributed by atoms with E-state index in [1.807, 2.05) is 0 Å². The van der Waals surface area contributed by atoms with Crippen molar-refractivity contribution in [3.63, 3.8) is 0 Å². The van der Waals surface area contributed by atoms with Gasteiger partial charge in [-0.2, -0.15) is 14.6 Å². The number of aromatic nitrogens is 2. The first-order chi connectivity index (χ1) is 12.1. The number of nitro groups is 1. The van der Waals surface area contributed by atoms with Gasteiger partial charge in [0, 0.05) is 17.6 Å². The van der Waals surface area contributed by atoms with Crippen molar-refractivity contribution < 1.29 is 22.6 Å². The van der Waals surface area contributed by atoms with E-state index in [0.29, 0.717) is 11.5 Å². The summed E-state index contributed by atoms with van der Waals surface area (Å²) in [5.74, 6) is -1.50. The first-order valence-corrected chi connectivity index (χ1v) is 9.22. The Hall–Kier alpha value is -3.11. The van der Waals surface area contributed by atoms with Crippen molar-refractivity contribution in [1.82, 2.24) is 9.36 Å². The standard InChI is InChI=1S/C13H11N5O6S2/c1-7(2)26(22,23)13-16-12(25-17-13)15-11(19)8(6-14)5-9-3-4-10(24-9)18(20)21/h3-5,7H,1-2H3,(H,15,16,17,19). The lowest BCUT2D eigenvalue weighted by Crippen LogP contribution is -2.16. The number of sulfone groups is 1. The van der Waals surface area contributed by atoms with Gasteiger partial charge >= 0.3 is 5.88 Å². The highest BCUT2D eigenvalue weighted by atomic mass is 32.2. The molecule has 136 valence electrons. The molecular weight excluding hydrogens is 386 g/mol. The molecule has 2 aromatic heterocycles. The minimum absolute atomic E-state index is 0.0660. The molecule has 0 saturated carbocycles. The fraction of sp³-hybridized carbons (Fsp3) is 0.231. The molecule has 1 N–H and O–H groups in total. The lowest BCUT2D eigenvalue weighted by atomic mass is 10.2. The fourth-order valence-corrected chi connectivity index (χ4v) is 3.26. The summed E-state index contributed by atoms with van der Waals surface area (Å²) in [6, 6.07) is 3.92. The number of hydrogen-bond acceptors (Lipinski definition) is 10. The van der Waals surface area contributed by atoms with E-state index in [0.717, 1.165) is 12.1 Å². The Labute approximate surface area is 151 Å². The van der Waals surface area contributed by atoms with Crippen LogP contribution >= 0.6 is 11.5 Å². The molecule has 0 aliphatic carbocycles. The van der Waals surface area contributed by atoms with Crippen LogP contribution in [0.4, 0.5) is 11.0 Å². The summed E-state index contributed by atoms with van der Waals surface area (Å²) < 4.78 is 32.4. The Balaban J connectivity index is 2.20. The average Bonchev–Trinajstić information content (AvgIpc) is 3.21. The number of nitriles is 1. The minimum atomic E-state index is -3.69. The van der Waals surface area contributed by atoms with E-state index in [1.165, 1.54) is 19.9 Å². The van der Waals surface area contributed by atoms with Gasteiger partial charge < -0.3 is 4.42 Å². The van der Waals surface area contributed by atoms with E-state index >= 15 is 0 Å². The van der Waals surface area contributed by atoms with Crippen LogP contribution in [0.3, 0.4) is 0 Å². The third kappa shape index (κ3) is 4.10. The lowest BCUT2D eigenvalue weighted by molar-refractivity contribution is -0.402. The third-order valence-corrected chi connectivity index (χ3v) is 5.63. The first-order valence-electron chi connectivity index (χ1n) is 6.90. The Bertz CT molecular complexity index is 1030. The van der Waals surface area contributed by atoms with E-state index in [9.17, 15) is 23.3 Å². The normalized spacial score (nSPS) is 12.0. The number of amides is 1. The molecule has 0 saturated heterocycles. The second-order valence-electron chi connectivity index (χ2n) is 5.03. The monoisotopic (exact) mass is 397 g/mol. The maximum Gasteiger partial charge on any atom is 0.433 e. The topological polar surface area (TPSA) is 169 Å². The van der Waals surface area contributed by atoms with E-state index in [-0.39, 0.29) is 10.9 Å². The largest absolute Gasteiger partial charge is 0.433 e. The Morgan fingerprint density at radius 2 is 2.19 bits per heavy atom. The Morgan fingerprint density at radius 3 is 2.73 bits per heavy atom. The average molecular weight is 397 g/mol. The summed E-state index contributed by atoms with van der Waals surface area (Å²) in [5, 5.41) is 20.6. The minimum Gasteiger partial charge on any atom is -0.401 e. The van der Waals surface area contributed by atoms with Gasteiger partial charge in [-0.3, -0.25) is 20.2 Å². The van der Waals surface area contributed by atoms with Crippen molar-refractivity contribution in [2.24, 2.45) is 0 Å². The van der Waals surface area contributed by atoms with Crippen LogP contribution in [0.2, 0.25) is 0 Å². The Kier molecular flexibility index (Phi) is 5.48. The molecule has 0 fully saturated rings. The van der Waals surface area contributed by atoms with Crippen LogP contribution in [-0.2, 0) is 14.6 Å². The second kappa shape index (κ2) is 7.42. The molecular formula is C13H11N5O6S2. The molecule has 13 heteroatoms. The van der Waals surface area contributed by atoms with Crippen LogP contribution < -0.4 is 5.32 Å². The maximum atomic E-state index is 12.1. The molecule has 11 nitrogen and oxygen atoms in total. The smallest absolute Gasteiger partial charge is 0.401 e. The fourth-order valence-electron chi connectivity index (χ4n) is 1.56. The van der Waals surface area contributed by atoms with Gasteiger partial charge in [-0.05, 0) is 19.9 Å². The predicted molar refractivity (Wildman–Crippen MR) is 89.8 cm³/mol. The van der Waals surface area contributed by atoms with Gasteiger partial charge in [-0.15, -0.1) is 0 Å². The van der Waals surface area contributed by atoms with E-state index in [2.05, 4.69) is 14.7 Å². The van der Waals surface area contributed by atoms with E-state index < -0.39 is 42.5 Å². The number of nitrogens with one attached hydrogen (secondary N) is 1. The van der Waals surface area contributed by atoms with Crippen molar-refractivity contribution >= 4 is 44.4 Å². The van der Waals surface area contributed by atoms with Gasteiger partial charge in [-0.25, -0.2) is 8.42 Å². The third-order valence-electron chi connectivity index (χ3n) is 2.95. The van der Waals surface area contributed by atoms with E-state index in [1.54, 1.807) is 6.07 Å². The molecule has 0 unspecified atom stereocenters. The van der Waals surface area contributed by atoms with Crippen molar-refractivity contribution in [3.8, 4) is 6.07 Å². The summed E-state index contributed by atoms with van der Waals surface area (Å²) in [6.07, 6.45) is 1.01. The summed E-state index contributed by atoms with van der Waals surface area (Å²) in [5.41, 5.74) is -0.419. The zero-order chi connectivity index (χ0) is 19.5. The summed E-state index contributed by atoms with van der Waals surface area (Å²) >= 11 is 0.643. The molecule has 0 spiro atoms. The highest BCUT2D eigenvalue weighted by Gasteiger charge is 2.25. The number of hydrogen-bond donors (Lipinski definition) is 1. The van der Waals surface area contributed by atoms with Crippen LogP contribution in [0, 0.1) is 21.4 Å². The molecule has 1 amide bonds. The molecule has 0 bridgehead atoms. The molecule has 0 aliphatic heterocycles. The highest BCUT2D eigenvalue weighted by molar-refractivity contribution is 7.91. The summed E-state index contributed by atoms with van der Waals surface area (Å²) in [4.78, 5) is 25.6. The molecule has 2 rings (SSSR count). The number of carbonyl (C=O) groups excluding carboxylic acids is 1. The number of anilines is 1. The van der Waals surface area contributed by atoms with Crippen LogP contribution in [0.5, 0.6) is 0 Å². The first kappa shape index (κ1) is 19.2. The van der Waals surface area contributed by atoms with E-state index in [4.69, 9.17) is 9.68 Å². The van der Waals surface area contributed by atoms with Crippen LogP contribution in [0.1, 0.15) is 19.6 Å². The van der Waals surface area contributed by atoms with Gasteiger partial charge in [-0.1, -0.05) is 0 Å². The zero-order valence-electron chi connectivity index (χ0n) is 13.4. The van der Waals surface area contributed by atoms with Gasteiger partial charge in [0.25, 0.3) is 11.1 Å². The van der Waals surface area contributed by atoms with Crippen molar-refractivity contribution in [3.05, 3.63) is 33.6 Å². The molecule has 2 aromatic rings. The quantitative estimate of drug-likeness (QED) is 0.330. The molecule has 0 aliphatic rings. The predicted octanol–water partition coefficient (Wildman–Crippen LogP) is 1.77. The van der Waals surface area contributed by atoms with Crippen LogP contribution in [0.15, 0.2) is 27.3 Å². The highest BCUT2D eigenvalue weighted by Crippen LogP contribution is 2.21. The number of carbonyl (C=O) groups is 1. The van der Waals surface area contributed by atoms with Crippen molar-refractivity contribution in [1.29, 1.82) is 5.26 Å². The molecule has 0 aromatic carbocycles. The number of furan rings is 1. The summed E-state index contributed by atoms with van der Waals surface area (Å²) in [7, 11) is -3.69. The summed E-state index contributed by atoms with van der Waals surface area (Å²) in [6.45, 7) is 2.93. The van der Waals surface area contributed by atoms with Gasteiger partial charge in [0.05, 0.1) is 11.3 Å². The van der Waals surface area contributed by atoms with Crippen molar-refractivity contribution in [2.45, 2.75) is 24.3 Å². The lowest BCUT2D eigenvalue weighted by Gasteiger charge is -2.01. The maximum absolute atomic E-state index is 12.1. The molecule has 0 radical (unpaired) electrons. The zero-order valence-corrected chi connectivity index (χ0v) is 15.0. The van der Waals surface area contributed by atoms with Crippen molar-refractivity contribution in [2.75, 3.05) is 5.32 Å². The van der Waals surface area contributed by atoms with Gasteiger partial charge in [0.1, 0.15) is 22.3 Å². The van der Waals surface area contributed by atoms with Crippen LogP contribution in [0.25, 0.3) is 6.08 Å². The van der Waals surface area contributed by atoms with Crippen LogP contribution in [-0.4, -0.2) is 33.9 Å². The Morgan fingerprint density at radius 1 is 1.50 bits per heavy atom. The number of rotatable bonds is 6. The number of nitrogens with zero attached hydrogens (tertiary/aromatic N) is 4. The molecule has 26 heavy (non-hydrogen) atoms. The second-order valence-corrected chi connectivity index (χ2v) is 8.18. The van der Waals surface area contributed by atoms with Gasteiger partial charge in [0.2, 0.25) is 15.0 Å². The SMILES string of the molecule is CC(C)S(=O)(=O)c1nsc(NC(=O)C(C#N)=Cc2ccc([N+](=O)[O-])o2)n1. The molecule has 0 atom stereocenters.